The van der Waals surface area contributed by atoms with E-state index in [1.165, 1.54) is 11.3 Å². The van der Waals surface area contributed by atoms with Crippen LogP contribution in [-0.4, -0.2) is 48.9 Å². The molecule has 10 heteroatoms. The number of H-pyrrole nitrogens is 1. The van der Waals surface area contributed by atoms with Crippen LogP contribution in [0.2, 0.25) is 0 Å². The van der Waals surface area contributed by atoms with Crippen LogP contribution >= 0.6 is 22.7 Å². The molecular weight excluding hydrogens is 442 g/mol. The number of nitrogens with zero attached hydrogens (tertiary/aromatic N) is 5. The number of pyridine rings is 1. The molecule has 0 amide bonds. The molecule has 4 aromatic heterocycles. The van der Waals surface area contributed by atoms with Crippen LogP contribution in [0, 0.1) is 0 Å². The van der Waals surface area contributed by atoms with Crippen molar-refractivity contribution in [2.45, 2.75) is 57.7 Å². The third-order valence-corrected chi connectivity index (χ3v) is 8.05. The van der Waals surface area contributed by atoms with Crippen LogP contribution in [0.25, 0.3) is 25.9 Å². The number of aromatic amines is 1. The standard InChI is InChI=1S/C22H27N7OS2/c1-21(2)9-15(10-22(3,4)27-21)28(5)19-25-17-18(31-19)26-20(32-17)29-7-6-13(8-16(29)30)14-11-23-24-12-14/h6-8,11-12,15,27H,9-10H2,1-5H3,(H,23,24). The number of hydrogen-bond acceptors (Lipinski definition) is 8. The zero-order valence-corrected chi connectivity index (χ0v) is 20.5. The zero-order chi connectivity index (χ0) is 22.7. The number of fused-ring (bicyclic) bond motifs is 1. The Morgan fingerprint density at radius 2 is 1.81 bits per heavy atom. The summed E-state index contributed by atoms with van der Waals surface area (Å²) in [5.74, 6) is 0. The van der Waals surface area contributed by atoms with Gasteiger partial charge >= 0.3 is 0 Å². The van der Waals surface area contributed by atoms with E-state index in [0.29, 0.717) is 11.2 Å². The highest BCUT2D eigenvalue weighted by Crippen LogP contribution is 2.37. The first-order chi connectivity index (χ1) is 15.1. The fraction of sp³-hybridized carbons (Fsp3) is 0.455. The van der Waals surface area contributed by atoms with E-state index in [9.17, 15) is 4.79 Å². The molecule has 1 aliphatic heterocycles. The highest BCUT2D eigenvalue weighted by Gasteiger charge is 2.39. The van der Waals surface area contributed by atoms with Crippen molar-refractivity contribution in [2.24, 2.45) is 0 Å². The number of aromatic nitrogens is 5. The molecule has 4 aromatic rings. The lowest BCUT2D eigenvalue weighted by atomic mass is 9.79. The molecule has 0 atom stereocenters. The number of hydrogen-bond donors (Lipinski definition) is 2. The van der Waals surface area contributed by atoms with Gasteiger partial charge in [-0.25, -0.2) is 9.97 Å². The fourth-order valence-corrected chi connectivity index (χ4v) is 6.86. The van der Waals surface area contributed by atoms with Gasteiger partial charge in [-0.05, 0) is 52.2 Å². The smallest absolute Gasteiger partial charge is 0.257 e. The second kappa shape index (κ2) is 7.50. The summed E-state index contributed by atoms with van der Waals surface area (Å²) in [4.78, 5) is 26.3. The summed E-state index contributed by atoms with van der Waals surface area (Å²) < 4.78 is 1.57. The van der Waals surface area contributed by atoms with Gasteiger partial charge in [-0.2, -0.15) is 5.10 Å². The number of nitrogens with one attached hydrogen (secondary N) is 2. The van der Waals surface area contributed by atoms with Crippen molar-refractivity contribution < 1.29 is 0 Å². The largest absolute Gasteiger partial charge is 0.348 e. The minimum absolute atomic E-state index is 0.0739. The van der Waals surface area contributed by atoms with Crippen molar-refractivity contribution in [1.29, 1.82) is 0 Å². The normalized spacial score (nSPS) is 18.3. The van der Waals surface area contributed by atoms with Crippen LogP contribution in [0.1, 0.15) is 40.5 Å². The lowest BCUT2D eigenvalue weighted by Crippen LogP contribution is -2.61. The summed E-state index contributed by atoms with van der Waals surface area (Å²) in [6, 6.07) is 3.90. The van der Waals surface area contributed by atoms with Gasteiger partial charge in [0, 0.05) is 48.2 Å². The quantitative estimate of drug-likeness (QED) is 0.469. The summed E-state index contributed by atoms with van der Waals surface area (Å²) in [5, 5.41) is 12.1. The summed E-state index contributed by atoms with van der Waals surface area (Å²) in [5.41, 5.74) is 1.73. The summed E-state index contributed by atoms with van der Waals surface area (Å²) in [6.07, 6.45) is 7.34. The van der Waals surface area contributed by atoms with Crippen LogP contribution in [0.5, 0.6) is 0 Å². The summed E-state index contributed by atoms with van der Waals surface area (Å²) in [6.45, 7) is 9.05. The van der Waals surface area contributed by atoms with Crippen LogP contribution < -0.4 is 15.8 Å². The molecule has 168 valence electrons. The molecule has 0 saturated carbocycles. The first-order valence-electron chi connectivity index (χ1n) is 10.6. The highest BCUT2D eigenvalue weighted by molar-refractivity contribution is 7.29. The average molecular weight is 470 g/mol. The lowest BCUT2D eigenvalue weighted by molar-refractivity contribution is 0.161. The molecule has 0 aliphatic carbocycles. The first-order valence-corrected chi connectivity index (χ1v) is 12.3. The number of piperidine rings is 1. The zero-order valence-electron chi connectivity index (χ0n) is 18.8. The van der Waals surface area contributed by atoms with Crippen molar-refractivity contribution in [3.8, 4) is 16.3 Å². The molecule has 8 nitrogen and oxygen atoms in total. The van der Waals surface area contributed by atoms with E-state index in [2.05, 4.69) is 55.2 Å². The van der Waals surface area contributed by atoms with Crippen LogP contribution in [0.4, 0.5) is 5.13 Å². The van der Waals surface area contributed by atoms with Gasteiger partial charge in [0.15, 0.2) is 19.9 Å². The van der Waals surface area contributed by atoms with E-state index in [1.807, 2.05) is 6.07 Å². The molecule has 32 heavy (non-hydrogen) atoms. The Hall–Kier alpha value is -2.56. The first kappa shape index (κ1) is 21.3. The topological polar surface area (TPSA) is 91.7 Å². The van der Waals surface area contributed by atoms with E-state index in [1.54, 1.807) is 40.6 Å². The monoisotopic (exact) mass is 469 g/mol. The van der Waals surface area contributed by atoms with E-state index in [-0.39, 0.29) is 16.6 Å². The Balaban J connectivity index is 1.41. The second-order valence-electron chi connectivity index (χ2n) is 9.78. The SMILES string of the molecule is CN(c1nc2sc(-n3ccc(-c4cn[nH]c4)cc3=O)nc2s1)C1CC(C)(C)NC(C)(C)C1. The van der Waals surface area contributed by atoms with Crippen LogP contribution in [0.3, 0.4) is 0 Å². The summed E-state index contributed by atoms with van der Waals surface area (Å²) in [7, 11) is 2.13. The second-order valence-corrected chi connectivity index (χ2v) is 11.7. The van der Waals surface area contributed by atoms with Gasteiger partial charge in [-0.15, -0.1) is 0 Å². The number of thiazole rings is 2. The lowest BCUT2D eigenvalue weighted by Gasteiger charge is -2.48. The Bertz CT molecular complexity index is 1270. The van der Waals surface area contributed by atoms with Gasteiger partial charge in [-0.1, -0.05) is 22.7 Å². The molecule has 0 radical (unpaired) electrons. The third-order valence-electron chi connectivity index (χ3n) is 5.93. The van der Waals surface area contributed by atoms with Crippen LogP contribution in [0.15, 0.2) is 35.5 Å². The van der Waals surface area contributed by atoms with Crippen molar-refractivity contribution >= 4 is 37.5 Å². The van der Waals surface area contributed by atoms with Crippen molar-refractivity contribution in [3.05, 3.63) is 41.1 Å². The van der Waals surface area contributed by atoms with Crippen molar-refractivity contribution in [2.75, 3.05) is 11.9 Å². The molecule has 2 N–H and O–H groups in total. The van der Waals surface area contributed by atoms with Gasteiger partial charge in [0.1, 0.15) is 0 Å². The summed E-state index contributed by atoms with van der Waals surface area (Å²) >= 11 is 3.03. The van der Waals surface area contributed by atoms with Crippen LogP contribution in [-0.2, 0) is 0 Å². The molecule has 1 saturated heterocycles. The van der Waals surface area contributed by atoms with E-state index in [0.717, 1.165) is 38.8 Å². The third kappa shape index (κ3) is 3.98. The Kier molecular flexibility index (Phi) is 4.99. The Labute approximate surface area is 194 Å². The molecule has 1 fully saturated rings. The maximum Gasteiger partial charge on any atom is 0.257 e. The minimum Gasteiger partial charge on any atom is -0.348 e. The highest BCUT2D eigenvalue weighted by atomic mass is 32.1. The minimum atomic E-state index is -0.124. The predicted molar refractivity (Wildman–Crippen MR) is 131 cm³/mol. The van der Waals surface area contributed by atoms with Gasteiger partial charge in [-0.3, -0.25) is 14.5 Å². The molecular formula is C22H27N7OS2. The Morgan fingerprint density at radius 3 is 2.44 bits per heavy atom. The van der Waals surface area contributed by atoms with E-state index in [4.69, 9.17) is 9.97 Å². The molecule has 0 unspecified atom stereocenters. The van der Waals surface area contributed by atoms with Crippen molar-refractivity contribution in [3.63, 3.8) is 0 Å². The molecule has 1 aliphatic rings. The van der Waals surface area contributed by atoms with Crippen molar-refractivity contribution in [1.82, 2.24) is 30.0 Å². The van der Waals surface area contributed by atoms with E-state index < -0.39 is 0 Å². The number of anilines is 1. The van der Waals surface area contributed by atoms with Gasteiger partial charge in [0.25, 0.3) is 5.56 Å². The molecule has 5 heterocycles. The van der Waals surface area contributed by atoms with Gasteiger partial charge in [0.2, 0.25) is 0 Å². The maximum absolute atomic E-state index is 12.7. The number of rotatable bonds is 4. The maximum atomic E-state index is 12.7. The van der Waals surface area contributed by atoms with Gasteiger partial charge < -0.3 is 10.2 Å². The van der Waals surface area contributed by atoms with Gasteiger partial charge in [0.05, 0.1) is 6.20 Å². The molecule has 0 spiro atoms. The Morgan fingerprint density at radius 1 is 1.09 bits per heavy atom. The fourth-order valence-electron chi connectivity index (χ4n) is 4.80. The average Bonchev–Trinajstić information content (AvgIpc) is 3.41. The molecule has 0 bridgehead atoms. The van der Waals surface area contributed by atoms with E-state index >= 15 is 0 Å². The molecule has 0 aromatic carbocycles. The molecule has 5 rings (SSSR count). The predicted octanol–water partition coefficient (Wildman–Crippen LogP) is 4.04.